The zero-order chi connectivity index (χ0) is 14.9. The Morgan fingerprint density at radius 1 is 1.25 bits per heavy atom. The van der Waals surface area contributed by atoms with Crippen molar-refractivity contribution < 1.29 is 18.7 Å². The number of hydrogen-bond donors (Lipinski definition) is 3. The lowest BCUT2D eigenvalue weighted by atomic mass is 10.1. The highest BCUT2D eigenvalue weighted by atomic mass is 79.9. The molecule has 20 heavy (non-hydrogen) atoms. The first-order valence-corrected chi connectivity index (χ1v) is 6.23. The van der Waals surface area contributed by atoms with E-state index in [2.05, 4.69) is 21.2 Å². The summed E-state index contributed by atoms with van der Waals surface area (Å²) >= 11 is 2.89. The van der Waals surface area contributed by atoms with E-state index in [1.165, 1.54) is 18.2 Å². The fraction of sp³-hybridized carbons (Fsp3) is 0. The Morgan fingerprint density at radius 3 is 2.65 bits per heavy atom. The number of para-hydroxylation sites is 1. The third-order valence-electron chi connectivity index (χ3n) is 2.57. The van der Waals surface area contributed by atoms with Crippen molar-refractivity contribution in [3.63, 3.8) is 0 Å². The van der Waals surface area contributed by atoms with E-state index in [-0.39, 0.29) is 21.4 Å². The predicted molar refractivity (Wildman–Crippen MR) is 74.5 cm³/mol. The quantitative estimate of drug-likeness (QED) is 0.445. The molecule has 1 amide bonds. The maximum Gasteiger partial charge on any atom is 0.259 e. The number of nitrogen functional groups attached to an aromatic ring is 1. The highest BCUT2D eigenvalue weighted by molar-refractivity contribution is 9.10. The van der Waals surface area contributed by atoms with Crippen LogP contribution in [0.25, 0.3) is 0 Å². The molecule has 0 fully saturated rings. The Morgan fingerprint density at radius 2 is 1.95 bits per heavy atom. The summed E-state index contributed by atoms with van der Waals surface area (Å²) in [7, 11) is 0. The van der Waals surface area contributed by atoms with Gasteiger partial charge in [-0.05, 0) is 34.1 Å². The number of carbonyl (C=O) groups excluding carboxylic acids is 1. The van der Waals surface area contributed by atoms with E-state index in [9.17, 15) is 18.7 Å². The van der Waals surface area contributed by atoms with Gasteiger partial charge in [-0.25, -0.2) is 8.78 Å². The molecule has 0 aromatic heterocycles. The van der Waals surface area contributed by atoms with E-state index in [1.54, 1.807) is 0 Å². The molecule has 0 saturated carbocycles. The highest BCUT2D eigenvalue weighted by Crippen LogP contribution is 2.27. The number of hydrogen-bond acceptors (Lipinski definition) is 3. The summed E-state index contributed by atoms with van der Waals surface area (Å²) in [5, 5.41) is 11.9. The molecular formula is C13H9BrF2N2O2. The van der Waals surface area contributed by atoms with Gasteiger partial charge in [0.05, 0.1) is 21.4 Å². The van der Waals surface area contributed by atoms with Gasteiger partial charge in [-0.15, -0.1) is 0 Å². The van der Waals surface area contributed by atoms with E-state index in [1.807, 2.05) is 0 Å². The summed E-state index contributed by atoms with van der Waals surface area (Å²) in [5.41, 5.74) is 5.17. The van der Waals surface area contributed by atoms with Crippen LogP contribution in [0.5, 0.6) is 5.75 Å². The molecule has 2 aromatic rings. The van der Waals surface area contributed by atoms with Crippen molar-refractivity contribution in [1.29, 1.82) is 0 Å². The number of carbonyl (C=O) groups is 1. The maximum atomic E-state index is 13.5. The Labute approximate surface area is 121 Å². The summed E-state index contributed by atoms with van der Waals surface area (Å²) < 4.78 is 26.6. The number of rotatable bonds is 2. The lowest BCUT2D eigenvalue weighted by Gasteiger charge is -2.09. The Balaban J connectivity index is 2.33. The first-order chi connectivity index (χ1) is 9.40. The van der Waals surface area contributed by atoms with E-state index in [0.29, 0.717) is 6.07 Å². The van der Waals surface area contributed by atoms with Crippen molar-refractivity contribution >= 4 is 33.2 Å². The molecule has 0 radical (unpaired) electrons. The maximum absolute atomic E-state index is 13.5. The van der Waals surface area contributed by atoms with Gasteiger partial charge in [-0.3, -0.25) is 4.79 Å². The average molecular weight is 343 g/mol. The number of halogens is 3. The van der Waals surface area contributed by atoms with Crippen molar-refractivity contribution in [2.75, 3.05) is 11.1 Å². The molecule has 0 unspecified atom stereocenters. The van der Waals surface area contributed by atoms with Crippen molar-refractivity contribution in [3.8, 4) is 5.75 Å². The number of phenols is 1. The molecule has 0 saturated heterocycles. The topological polar surface area (TPSA) is 75.4 Å². The highest BCUT2D eigenvalue weighted by Gasteiger charge is 2.16. The number of aromatic hydroxyl groups is 1. The molecule has 104 valence electrons. The van der Waals surface area contributed by atoms with Crippen LogP contribution in [0.3, 0.4) is 0 Å². The summed E-state index contributed by atoms with van der Waals surface area (Å²) in [6.45, 7) is 0. The molecule has 2 aromatic carbocycles. The number of amides is 1. The Hall–Kier alpha value is -2.15. The fourth-order valence-corrected chi connectivity index (χ4v) is 1.90. The summed E-state index contributed by atoms with van der Waals surface area (Å²) in [5.74, 6) is -2.87. The van der Waals surface area contributed by atoms with Crippen molar-refractivity contribution in [1.82, 2.24) is 0 Å². The number of anilines is 2. The second-order valence-corrected chi connectivity index (χ2v) is 4.80. The van der Waals surface area contributed by atoms with Crippen molar-refractivity contribution in [2.24, 2.45) is 0 Å². The Kier molecular flexibility index (Phi) is 3.89. The van der Waals surface area contributed by atoms with Crippen LogP contribution in [0, 0.1) is 11.6 Å². The summed E-state index contributed by atoms with van der Waals surface area (Å²) in [6.07, 6.45) is 0. The van der Waals surface area contributed by atoms with E-state index in [0.717, 1.165) is 6.07 Å². The second-order valence-electron chi connectivity index (χ2n) is 3.94. The molecule has 0 aliphatic rings. The minimum Gasteiger partial charge on any atom is -0.505 e. The van der Waals surface area contributed by atoms with Crippen molar-refractivity contribution in [2.45, 2.75) is 0 Å². The number of nitrogens with two attached hydrogens (primary N) is 1. The van der Waals surface area contributed by atoms with Gasteiger partial charge >= 0.3 is 0 Å². The van der Waals surface area contributed by atoms with Gasteiger partial charge in [0.25, 0.3) is 5.91 Å². The third-order valence-corrected chi connectivity index (χ3v) is 3.18. The molecule has 0 aliphatic heterocycles. The molecule has 2 rings (SSSR count). The van der Waals surface area contributed by atoms with Crippen LogP contribution < -0.4 is 11.1 Å². The number of benzene rings is 2. The number of phenolic OH excluding ortho intramolecular Hbond substituents is 1. The van der Waals surface area contributed by atoms with Crippen LogP contribution in [0.1, 0.15) is 10.4 Å². The van der Waals surface area contributed by atoms with Gasteiger partial charge in [0.1, 0.15) is 11.6 Å². The van der Waals surface area contributed by atoms with Gasteiger partial charge in [0, 0.05) is 6.07 Å². The molecular weight excluding hydrogens is 334 g/mol. The predicted octanol–water partition coefficient (Wildman–Crippen LogP) is 3.27. The SMILES string of the molecule is Nc1cccc(C(=O)Nc2cc(Br)c(F)cc2F)c1O. The molecule has 7 heteroatoms. The van der Waals surface area contributed by atoms with Crippen LogP contribution in [0.15, 0.2) is 34.8 Å². The largest absolute Gasteiger partial charge is 0.505 e. The zero-order valence-electron chi connectivity index (χ0n) is 9.95. The van der Waals surface area contributed by atoms with Crippen LogP contribution in [-0.2, 0) is 0 Å². The molecule has 0 aliphatic carbocycles. The molecule has 4 N–H and O–H groups in total. The standard InChI is InChI=1S/C13H9BrF2N2O2/c14-7-4-11(9(16)5-8(7)15)18-13(20)6-2-1-3-10(17)12(6)19/h1-5,19H,17H2,(H,18,20). The van der Waals surface area contributed by atoms with Crippen molar-refractivity contribution in [3.05, 3.63) is 52.0 Å². The Bertz CT molecular complexity index is 692. The smallest absolute Gasteiger partial charge is 0.259 e. The summed E-state index contributed by atoms with van der Waals surface area (Å²) in [4.78, 5) is 11.9. The van der Waals surface area contributed by atoms with Crippen LogP contribution in [-0.4, -0.2) is 11.0 Å². The van der Waals surface area contributed by atoms with Gasteiger partial charge in [0.2, 0.25) is 0 Å². The lowest BCUT2D eigenvalue weighted by Crippen LogP contribution is -2.14. The first-order valence-electron chi connectivity index (χ1n) is 5.43. The number of nitrogens with one attached hydrogen (secondary N) is 1. The molecule has 0 heterocycles. The van der Waals surface area contributed by atoms with Gasteiger partial charge in [-0.2, -0.15) is 0 Å². The second kappa shape index (κ2) is 5.46. The van der Waals surface area contributed by atoms with E-state index < -0.39 is 23.3 Å². The minimum atomic E-state index is -0.928. The van der Waals surface area contributed by atoms with Gasteiger partial charge in [-0.1, -0.05) is 6.07 Å². The molecule has 0 atom stereocenters. The fourth-order valence-electron chi connectivity index (χ4n) is 1.55. The van der Waals surface area contributed by atoms with Crippen LogP contribution >= 0.6 is 15.9 Å². The summed E-state index contributed by atoms with van der Waals surface area (Å²) in [6, 6.07) is 5.95. The van der Waals surface area contributed by atoms with E-state index in [4.69, 9.17) is 5.73 Å². The molecule has 0 bridgehead atoms. The minimum absolute atomic E-state index is 0.00555. The van der Waals surface area contributed by atoms with Crippen LogP contribution in [0.2, 0.25) is 0 Å². The zero-order valence-corrected chi connectivity index (χ0v) is 11.5. The van der Waals surface area contributed by atoms with Crippen LogP contribution in [0.4, 0.5) is 20.2 Å². The van der Waals surface area contributed by atoms with Gasteiger partial charge in [0.15, 0.2) is 5.75 Å². The van der Waals surface area contributed by atoms with E-state index >= 15 is 0 Å². The molecule has 4 nitrogen and oxygen atoms in total. The molecule has 0 spiro atoms. The average Bonchev–Trinajstić information content (AvgIpc) is 2.39. The van der Waals surface area contributed by atoms with Gasteiger partial charge < -0.3 is 16.2 Å². The normalized spacial score (nSPS) is 10.3. The third kappa shape index (κ3) is 2.72. The first kappa shape index (κ1) is 14.3. The lowest BCUT2D eigenvalue weighted by molar-refractivity contribution is 0.102. The monoisotopic (exact) mass is 342 g/mol.